The van der Waals surface area contributed by atoms with E-state index in [-0.39, 0.29) is 12.5 Å². The van der Waals surface area contributed by atoms with Gasteiger partial charge in [-0.05, 0) is 38.5 Å². The quantitative estimate of drug-likeness (QED) is 0.660. The van der Waals surface area contributed by atoms with Gasteiger partial charge in [0.25, 0.3) is 0 Å². The maximum absolute atomic E-state index is 13.2. The molecule has 2 aromatic carbocycles. The molecule has 0 bridgehead atoms. The Balaban J connectivity index is 2.34. The first-order valence-corrected chi connectivity index (χ1v) is 11.6. The molecule has 2 amide bonds. The van der Waals surface area contributed by atoms with Crippen molar-refractivity contribution in [3.05, 3.63) is 65.7 Å². The molecule has 0 saturated carbocycles. The van der Waals surface area contributed by atoms with E-state index in [1.165, 1.54) is 4.90 Å². The van der Waals surface area contributed by atoms with Crippen molar-refractivity contribution in [1.29, 1.82) is 0 Å². The molecule has 1 unspecified atom stereocenters. The van der Waals surface area contributed by atoms with Gasteiger partial charge < -0.3 is 10.2 Å². The molecular formula is C22H29N3O4S. The second-order valence-electron chi connectivity index (χ2n) is 7.18. The van der Waals surface area contributed by atoms with Gasteiger partial charge in [0.15, 0.2) is 0 Å². The highest BCUT2D eigenvalue weighted by Gasteiger charge is 2.29. The maximum Gasteiger partial charge on any atom is 0.244 e. The van der Waals surface area contributed by atoms with Gasteiger partial charge in [0, 0.05) is 13.1 Å². The maximum atomic E-state index is 13.2. The number of carbonyl (C=O) groups excluding carboxylic acids is 2. The third-order valence-corrected chi connectivity index (χ3v) is 5.86. The summed E-state index contributed by atoms with van der Waals surface area (Å²) in [5, 5.41) is 2.73. The molecule has 7 nitrogen and oxygen atoms in total. The van der Waals surface area contributed by atoms with Crippen LogP contribution in [0.15, 0.2) is 54.6 Å². The smallest absolute Gasteiger partial charge is 0.244 e. The number of likely N-dealkylation sites (N-methyl/N-ethyl adjacent to an activating group) is 1. The van der Waals surface area contributed by atoms with E-state index in [1.807, 2.05) is 31.2 Å². The summed E-state index contributed by atoms with van der Waals surface area (Å²) in [4.78, 5) is 27.1. The van der Waals surface area contributed by atoms with Gasteiger partial charge in [-0.15, -0.1) is 0 Å². The van der Waals surface area contributed by atoms with Crippen molar-refractivity contribution in [3.8, 4) is 0 Å². The average molecular weight is 432 g/mol. The minimum Gasteiger partial charge on any atom is -0.355 e. The number of nitrogens with zero attached hydrogens (tertiary/aromatic N) is 2. The standard InChI is InChI=1S/C22H29N3O4S/c1-5-23-22(27)18(3)24(15-19-13-11-17(2)12-14-19)21(26)16-25(30(4,28)29)20-9-7-6-8-10-20/h6-14,18H,5,15-16H2,1-4H3,(H,23,27). The zero-order chi connectivity index (χ0) is 22.3. The summed E-state index contributed by atoms with van der Waals surface area (Å²) in [5.74, 6) is -0.743. The van der Waals surface area contributed by atoms with Crippen LogP contribution in [0.2, 0.25) is 0 Å². The van der Waals surface area contributed by atoms with Crippen molar-refractivity contribution in [2.75, 3.05) is 23.7 Å². The largest absolute Gasteiger partial charge is 0.355 e. The molecule has 0 spiro atoms. The lowest BCUT2D eigenvalue weighted by Gasteiger charge is -2.31. The third-order valence-electron chi connectivity index (χ3n) is 4.72. The fourth-order valence-corrected chi connectivity index (χ4v) is 3.85. The lowest BCUT2D eigenvalue weighted by molar-refractivity contribution is -0.139. The van der Waals surface area contributed by atoms with Gasteiger partial charge in [0.1, 0.15) is 12.6 Å². The minimum absolute atomic E-state index is 0.198. The van der Waals surface area contributed by atoms with Gasteiger partial charge >= 0.3 is 0 Å². The Bertz CT molecular complexity index is 960. The first kappa shape index (κ1) is 23.4. The molecule has 0 aliphatic heterocycles. The molecule has 1 atom stereocenters. The van der Waals surface area contributed by atoms with Crippen LogP contribution in [0.3, 0.4) is 0 Å². The van der Waals surface area contributed by atoms with Crippen molar-refractivity contribution >= 4 is 27.5 Å². The molecule has 30 heavy (non-hydrogen) atoms. The fourth-order valence-electron chi connectivity index (χ4n) is 3.00. The van der Waals surface area contributed by atoms with Crippen LogP contribution in [-0.2, 0) is 26.2 Å². The van der Waals surface area contributed by atoms with Crippen LogP contribution in [0.1, 0.15) is 25.0 Å². The van der Waals surface area contributed by atoms with Crippen molar-refractivity contribution in [2.45, 2.75) is 33.4 Å². The van der Waals surface area contributed by atoms with Crippen molar-refractivity contribution in [1.82, 2.24) is 10.2 Å². The SMILES string of the molecule is CCNC(=O)C(C)N(Cc1ccc(C)cc1)C(=O)CN(c1ccccc1)S(C)(=O)=O. The topological polar surface area (TPSA) is 86.8 Å². The predicted octanol–water partition coefficient (Wildman–Crippen LogP) is 2.31. The molecule has 0 aliphatic carbocycles. The molecule has 8 heteroatoms. The van der Waals surface area contributed by atoms with Gasteiger partial charge in [-0.2, -0.15) is 0 Å². The Morgan fingerprint density at radius 1 is 1.03 bits per heavy atom. The number of carbonyl (C=O) groups is 2. The van der Waals surface area contributed by atoms with Gasteiger partial charge in [-0.3, -0.25) is 13.9 Å². The average Bonchev–Trinajstić information content (AvgIpc) is 2.71. The Labute approximate surface area is 178 Å². The Hall–Kier alpha value is -2.87. The van der Waals surface area contributed by atoms with E-state index in [4.69, 9.17) is 0 Å². The molecule has 0 aliphatic rings. The number of anilines is 1. The summed E-state index contributed by atoms with van der Waals surface area (Å²) >= 11 is 0. The normalized spacial score (nSPS) is 12.1. The number of para-hydroxylation sites is 1. The first-order valence-electron chi connectivity index (χ1n) is 9.79. The number of aryl methyl sites for hydroxylation is 1. The molecule has 2 aromatic rings. The van der Waals surface area contributed by atoms with Crippen LogP contribution in [-0.4, -0.2) is 50.5 Å². The van der Waals surface area contributed by atoms with Gasteiger partial charge in [-0.1, -0.05) is 48.0 Å². The Kier molecular flexibility index (Phi) is 8.00. The number of rotatable bonds is 9. The Morgan fingerprint density at radius 2 is 1.63 bits per heavy atom. The summed E-state index contributed by atoms with van der Waals surface area (Å²) in [5.41, 5.74) is 2.34. The number of hydrogen-bond acceptors (Lipinski definition) is 4. The fraction of sp³-hybridized carbons (Fsp3) is 0.364. The van der Waals surface area contributed by atoms with Crippen LogP contribution in [0.4, 0.5) is 5.69 Å². The molecule has 0 heterocycles. The summed E-state index contributed by atoms with van der Waals surface area (Å²) in [6, 6.07) is 15.3. The zero-order valence-electron chi connectivity index (χ0n) is 17.8. The highest BCUT2D eigenvalue weighted by Crippen LogP contribution is 2.18. The van der Waals surface area contributed by atoms with E-state index in [2.05, 4.69) is 5.32 Å². The van der Waals surface area contributed by atoms with E-state index in [1.54, 1.807) is 44.2 Å². The molecular weight excluding hydrogens is 402 g/mol. The number of amides is 2. The molecule has 0 fully saturated rings. The monoisotopic (exact) mass is 431 g/mol. The van der Waals surface area contributed by atoms with Crippen molar-refractivity contribution in [2.24, 2.45) is 0 Å². The number of benzene rings is 2. The highest BCUT2D eigenvalue weighted by atomic mass is 32.2. The predicted molar refractivity (Wildman–Crippen MR) is 119 cm³/mol. The van der Waals surface area contributed by atoms with E-state index in [9.17, 15) is 18.0 Å². The molecule has 0 radical (unpaired) electrons. The number of hydrogen-bond donors (Lipinski definition) is 1. The number of nitrogens with one attached hydrogen (secondary N) is 1. The minimum atomic E-state index is -3.70. The van der Waals surface area contributed by atoms with E-state index >= 15 is 0 Å². The zero-order valence-corrected chi connectivity index (χ0v) is 18.6. The van der Waals surface area contributed by atoms with E-state index in [0.29, 0.717) is 12.2 Å². The van der Waals surface area contributed by atoms with Crippen LogP contribution < -0.4 is 9.62 Å². The molecule has 2 rings (SSSR count). The Morgan fingerprint density at radius 3 is 2.17 bits per heavy atom. The molecule has 162 valence electrons. The van der Waals surface area contributed by atoms with Gasteiger partial charge in [0.05, 0.1) is 11.9 Å². The highest BCUT2D eigenvalue weighted by molar-refractivity contribution is 7.92. The lowest BCUT2D eigenvalue weighted by atomic mass is 10.1. The van der Waals surface area contributed by atoms with Gasteiger partial charge in [-0.25, -0.2) is 8.42 Å². The second-order valence-corrected chi connectivity index (χ2v) is 9.09. The summed E-state index contributed by atoms with van der Waals surface area (Å²) < 4.78 is 25.8. The van der Waals surface area contributed by atoms with E-state index in [0.717, 1.165) is 21.7 Å². The summed E-state index contributed by atoms with van der Waals surface area (Å²) in [6.07, 6.45) is 1.06. The van der Waals surface area contributed by atoms with Crippen LogP contribution >= 0.6 is 0 Å². The van der Waals surface area contributed by atoms with Crippen LogP contribution in [0, 0.1) is 6.92 Å². The van der Waals surface area contributed by atoms with Crippen molar-refractivity contribution < 1.29 is 18.0 Å². The molecule has 0 saturated heterocycles. The second kappa shape index (κ2) is 10.2. The molecule has 1 N–H and O–H groups in total. The first-order chi connectivity index (χ1) is 14.1. The van der Waals surface area contributed by atoms with E-state index < -0.39 is 28.5 Å². The summed E-state index contributed by atoms with van der Waals surface area (Å²) in [7, 11) is -3.70. The van der Waals surface area contributed by atoms with Gasteiger partial charge in [0.2, 0.25) is 21.8 Å². The third kappa shape index (κ3) is 6.32. The van der Waals surface area contributed by atoms with Crippen molar-refractivity contribution in [3.63, 3.8) is 0 Å². The van der Waals surface area contributed by atoms with Crippen LogP contribution in [0.5, 0.6) is 0 Å². The summed E-state index contributed by atoms with van der Waals surface area (Å²) in [6.45, 7) is 5.66. The lowest BCUT2D eigenvalue weighted by Crippen LogP contribution is -2.51. The van der Waals surface area contributed by atoms with Crippen LogP contribution in [0.25, 0.3) is 0 Å². The number of sulfonamides is 1. The molecule has 0 aromatic heterocycles.